The summed E-state index contributed by atoms with van der Waals surface area (Å²) in [7, 11) is 0. The molecule has 0 aliphatic heterocycles. The SMILES string of the molecule is Cc1ccc(CCCCNCCC(c2ccccc2)c2ccc(C)cc2)cc1.Cc1ccc(CCCCOC(c2ccccc2)c2ccc(Cl)cc2)cc1.Cc1ccc(CCCNCCCC(c2ccccc2)c2ccc(C)cc2)cc1.Cc1ccc(CCNCCCCC(c2ccccc2)c2cccc(Cl)c2)cc1. The maximum Gasteiger partial charge on any atom is 0.108 e. The first-order valence-electron chi connectivity index (χ1n) is 40.7. The van der Waals surface area contributed by atoms with E-state index in [-0.39, 0.29) is 6.10 Å². The van der Waals surface area contributed by atoms with E-state index in [9.17, 15) is 0 Å². The van der Waals surface area contributed by atoms with E-state index < -0.39 is 0 Å². The predicted molar refractivity (Wildman–Crippen MR) is 473 cm³/mol. The highest BCUT2D eigenvalue weighted by Gasteiger charge is 2.18. The van der Waals surface area contributed by atoms with Gasteiger partial charge in [-0.3, -0.25) is 0 Å². The van der Waals surface area contributed by atoms with E-state index in [2.05, 4.69) is 337 Å². The summed E-state index contributed by atoms with van der Waals surface area (Å²) in [6, 6.07) is 113. The van der Waals surface area contributed by atoms with Crippen molar-refractivity contribution in [2.45, 2.75) is 162 Å². The lowest BCUT2D eigenvalue weighted by Gasteiger charge is -2.19. The number of benzene rings is 12. The summed E-state index contributed by atoms with van der Waals surface area (Å²) < 4.78 is 6.27. The smallest absolute Gasteiger partial charge is 0.108 e. The third-order valence-corrected chi connectivity index (χ3v) is 21.2. The second-order valence-corrected chi connectivity index (χ2v) is 30.7. The van der Waals surface area contributed by atoms with Crippen LogP contribution in [0.4, 0.5) is 0 Å². The first-order valence-corrected chi connectivity index (χ1v) is 41.4. The standard InChI is InChI=1S/2C27H33N.C26H30ClN.C24H25ClO/c1-22-12-16-24(17-13-22)8-6-20-28-21-7-11-27(25-9-4-3-5-10-25)26-18-14-23(2)15-19-26;1-22-11-15-24(16-12-22)8-6-7-20-28-21-19-27(25-9-4-3-5-10-25)26-17-13-23(2)14-18-26;1-21-13-15-22(16-14-21)17-19-28-18-6-5-12-26(23-8-3-2-4-9-23)24-10-7-11-25(27)20-24;1-19-10-12-20(13-11-19)7-5-6-18-26-24(21-8-3-2-4-9-21)22-14-16-23(25)17-15-22/h3-5,9-10,12-19,27-28H,6-8,11,20-21H2,1-2H3;3-5,9-18,27-28H,6-8,19-21H2,1-2H3;2-4,7-11,13-16,20,26,28H,5-6,12,17-19H2,1H3;2-4,8-17,24H,5-7,18H2,1H3. The van der Waals surface area contributed by atoms with Crippen LogP contribution in [0, 0.1) is 41.5 Å². The monoisotopic (exact) mass is 1500 g/mol. The van der Waals surface area contributed by atoms with Gasteiger partial charge in [0, 0.05) is 34.4 Å². The van der Waals surface area contributed by atoms with E-state index in [0.717, 1.165) is 106 Å². The van der Waals surface area contributed by atoms with E-state index >= 15 is 0 Å². The third kappa shape index (κ3) is 31.8. The van der Waals surface area contributed by atoms with E-state index in [4.69, 9.17) is 27.9 Å². The number of nitrogens with one attached hydrogen (secondary N) is 3. The lowest BCUT2D eigenvalue weighted by Crippen LogP contribution is -2.19. The van der Waals surface area contributed by atoms with Crippen LogP contribution < -0.4 is 16.0 Å². The van der Waals surface area contributed by atoms with Crippen LogP contribution in [0.1, 0.15) is 195 Å². The molecule has 0 bridgehead atoms. The molecule has 0 amide bonds. The number of aryl methyl sites for hydroxylation is 9. The summed E-state index contributed by atoms with van der Waals surface area (Å²) in [5.41, 5.74) is 24.3. The van der Waals surface area contributed by atoms with Crippen LogP contribution in [-0.4, -0.2) is 45.9 Å². The van der Waals surface area contributed by atoms with Gasteiger partial charge in [0.05, 0.1) is 0 Å². The molecule has 0 saturated carbocycles. The fourth-order valence-corrected chi connectivity index (χ4v) is 14.5. The number of rotatable bonds is 38. The van der Waals surface area contributed by atoms with Gasteiger partial charge < -0.3 is 20.7 Å². The van der Waals surface area contributed by atoms with Crippen LogP contribution in [0.2, 0.25) is 10.0 Å². The quantitative estimate of drug-likeness (QED) is 0.0338. The van der Waals surface area contributed by atoms with Crippen LogP contribution in [0.5, 0.6) is 0 Å². The zero-order valence-corrected chi connectivity index (χ0v) is 68.1. The first-order chi connectivity index (χ1) is 53.9. The molecule has 12 aromatic rings. The first kappa shape index (κ1) is 85.1. The maximum atomic E-state index is 6.27. The minimum Gasteiger partial charge on any atom is -0.369 e. The average molecular weight is 1500 g/mol. The summed E-state index contributed by atoms with van der Waals surface area (Å²) in [5.74, 6) is 1.35. The molecule has 110 heavy (non-hydrogen) atoms. The number of unbranched alkanes of at least 4 members (excludes halogenated alkanes) is 3. The van der Waals surface area contributed by atoms with Gasteiger partial charge in [-0.1, -0.05) is 354 Å². The molecule has 12 rings (SSSR count). The topological polar surface area (TPSA) is 45.3 Å². The fraction of sp³-hybridized carbons (Fsp3) is 0.308. The van der Waals surface area contributed by atoms with Gasteiger partial charge >= 0.3 is 0 Å². The summed E-state index contributed by atoms with van der Waals surface area (Å²) in [4.78, 5) is 0. The van der Waals surface area contributed by atoms with Crippen LogP contribution in [0.15, 0.2) is 315 Å². The van der Waals surface area contributed by atoms with Crippen LogP contribution in [-0.2, 0) is 30.4 Å². The van der Waals surface area contributed by atoms with Crippen molar-refractivity contribution in [3.63, 3.8) is 0 Å². The lowest BCUT2D eigenvalue weighted by atomic mass is 9.87. The number of hydrogen-bond acceptors (Lipinski definition) is 4. The second kappa shape index (κ2) is 49.3. The molecule has 0 aliphatic rings. The van der Waals surface area contributed by atoms with Gasteiger partial charge in [-0.2, -0.15) is 0 Å². The largest absolute Gasteiger partial charge is 0.369 e. The molecule has 4 atom stereocenters. The Morgan fingerprint density at radius 3 is 1.02 bits per heavy atom. The molecule has 0 saturated heterocycles. The molecular formula is C104H121Cl2N3O. The van der Waals surface area contributed by atoms with Crippen molar-refractivity contribution in [3.8, 4) is 0 Å². The van der Waals surface area contributed by atoms with Gasteiger partial charge in [0.1, 0.15) is 6.10 Å². The van der Waals surface area contributed by atoms with Crippen LogP contribution in [0.3, 0.4) is 0 Å². The van der Waals surface area contributed by atoms with Gasteiger partial charge in [0.15, 0.2) is 0 Å². The number of hydrogen-bond donors (Lipinski definition) is 3. The Morgan fingerprint density at radius 1 is 0.236 bits per heavy atom. The van der Waals surface area contributed by atoms with Gasteiger partial charge in [0.25, 0.3) is 0 Å². The summed E-state index contributed by atoms with van der Waals surface area (Å²) in [6.45, 7) is 20.0. The van der Waals surface area contributed by atoms with Crippen LogP contribution in [0.25, 0.3) is 0 Å². The summed E-state index contributed by atoms with van der Waals surface area (Å²) in [6.07, 6.45) is 17.4. The molecule has 0 aliphatic carbocycles. The summed E-state index contributed by atoms with van der Waals surface area (Å²) >= 11 is 12.3. The molecule has 0 spiro atoms. The predicted octanol–water partition coefficient (Wildman–Crippen LogP) is 26.4. The number of ether oxygens (including phenoxy) is 1. The van der Waals surface area contributed by atoms with E-state index in [1.807, 2.05) is 36.4 Å². The van der Waals surface area contributed by atoms with Crippen molar-refractivity contribution in [3.05, 3.63) is 426 Å². The van der Waals surface area contributed by atoms with Crippen molar-refractivity contribution >= 4 is 23.2 Å². The minimum absolute atomic E-state index is 0.0483. The molecule has 0 radical (unpaired) electrons. The van der Waals surface area contributed by atoms with E-state index in [1.54, 1.807) is 0 Å². The molecule has 4 nitrogen and oxygen atoms in total. The highest BCUT2D eigenvalue weighted by Crippen LogP contribution is 2.34. The Kier molecular flexibility index (Phi) is 38.2. The molecule has 3 N–H and O–H groups in total. The van der Waals surface area contributed by atoms with E-state index in [0.29, 0.717) is 17.8 Å². The molecule has 12 aromatic carbocycles. The molecule has 0 aromatic heterocycles. The highest BCUT2D eigenvalue weighted by atomic mass is 35.5. The third-order valence-electron chi connectivity index (χ3n) is 20.7. The van der Waals surface area contributed by atoms with Crippen molar-refractivity contribution in [2.75, 3.05) is 45.9 Å². The van der Waals surface area contributed by atoms with Crippen molar-refractivity contribution in [2.24, 2.45) is 0 Å². The van der Waals surface area contributed by atoms with Gasteiger partial charge in [-0.05, 0) is 262 Å². The van der Waals surface area contributed by atoms with E-state index in [1.165, 1.54) is 146 Å². The van der Waals surface area contributed by atoms with Gasteiger partial charge in [-0.25, -0.2) is 0 Å². The van der Waals surface area contributed by atoms with Gasteiger partial charge in [0.2, 0.25) is 0 Å². The summed E-state index contributed by atoms with van der Waals surface area (Å²) in [5, 5.41) is 12.5. The Labute approximate surface area is 672 Å². The molecular weight excluding hydrogens is 1380 g/mol. The fourth-order valence-electron chi connectivity index (χ4n) is 14.1. The molecule has 572 valence electrons. The van der Waals surface area contributed by atoms with Crippen molar-refractivity contribution < 1.29 is 4.74 Å². The normalized spacial score (nSPS) is 12.1. The highest BCUT2D eigenvalue weighted by molar-refractivity contribution is 6.30. The molecule has 0 fully saturated rings. The van der Waals surface area contributed by atoms with Crippen LogP contribution >= 0.6 is 23.2 Å². The molecule has 0 heterocycles. The Hall–Kier alpha value is -8.94. The zero-order valence-electron chi connectivity index (χ0n) is 66.6. The van der Waals surface area contributed by atoms with Gasteiger partial charge in [-0.15, -0.1) is 0 Å². The van der Waals surface area contributed by atoms with Crippen molar-refractivity contribution in [1.82, 2.24) is 16.0 Å². The Morgan fingerprint density at radius 2 is 0.555 bits per heavy atom. The molecule has 6 heteroatoms. The Balaban J connectivity index is 0.000000169. The Bertz CT molecular complexity index is 4220. The maximum absolute atomic E-state index is 6.27. The minimum atomic E-state index is -0.0483. The van der Waals surface area contributed by atoms with Crippen molar-refractivity contribution in [1.29, 1.82) is 0 Å². The second-order valence-electron chi connectivity index (χ2n) is 29.9. The number of halogens is 2. The molecule has 4 unspecified atom stereocenters. The lowest BCUT2D eigenvalue weighted by molar-refractivity contribution is 0.0772. The average Bonchev–Trinajstić information content (AvgIpc) is 0.862. The zero-order chi connectivity index (χ0) is 77.0.